The molecule has 3 nitrogen and oxygen atoms in total. The van der Waals surface area contributed by atoms with E-state index in [1.165, 1.54) is 6.42 Å². The molecule has 0 aromatic carbocycles. The number of hydrogen-bond donors (Lipinski definition) is 1. The van der Waals surface area contributed by atoms with Crippen molar-refractivity contribution in [2.24, 2.45) is 13.0 Å². The van der Waals surface area contributed by atoms with E-state index in [-0.39, 0.29) is 0 Å². The molecule has 16 heavy (non-hydrogen) atoms. The minimum Gasteiger partial charge on any atom is -0.390 e. The summed E-state index contributed by atoms with van der Waals surface area (Å²) in [5.74, 6) is 0.767. The maximum Gasteiger partial charge on any atom is 0.0689 e. The number of aryl methyl sites for hydroxylation is 1. The molecule has 1 saturated carbocycles. The maximum atomic E-state index is 10.6. The summed E-state index contributed by atoms with van der Waals surface area (Å²) < 4.78 is 1.80. The number of hydrogen-bond acceptors (Lipinski definition) is 2. The smallest absolute Gasteiger partial charge is 0.0689 e. The molecule has 1 aromatic heterocycles. The third-order valence-electron chi connectivity index (χ3n) is 3.73. The van der Waals surface area contributed by atoms with Gasteiger partial charge < -0.3 is 5.11 Å². The molecule has 1 aliphatic rings. The van der Waals surface area contributed by atoms with Crippen LogP contribution >= 0.6 is 0 Å². The topological polar surface area (TPSA) is 38.1 Å². The van der Waals surface area contributed by atoms with Crippen LogP contribution in [0.4, 0.5) is 0 Å². The van der Waals surface area contributed by atoms with Gasteiger partial charge in [0.2, 0.25) is 0 Å². The van der Waals surface area contributed by atoms with Crippen LogP contribution in [0.5, 0.6) is 0 Å². The zero-order valence-electron chi connectivity index (χ0n) is 10.3. The molecular formula is C13H22N2O. The number of aliphatic hydroxyl groups is 1. The summed E-state index contributed by atoms with van der Waals surface area (Å²) in [5, 5.41) is 14.8. The van der Waals surface area contributed by atoms with Gasteiger partial charge in [0, 0.05) is 19.7 Å². The quantitative estimate of drug-likeness (QED) is 0.780. The van der Waals surface area contributed by atoms with Crippen LogP contribution in [0.3, 0.4) is 0 Å². The van der Waals surface area contributed by atoms with Gasteiger partial charge in [-0.2, -0.15) is 5.10 Å². The lowest BCUT2D eigenvalue weighted by atomic mass is 9.88. The van der Waals surface area contributed by atoms with Gasteiger partial charge in [-0.3, -0.25) is 4.68 Å². The van der Waals surface area contributed by atoms with Crippen LogP contribution in [0.1, 0.15) is 44.6 Å². The van der Waals surface area contributed by atoms with Crippen LogP contribution in [-0.4, -0.2) is 20.5 Å². The van der Waals surface area contributed by atoms with E-state index in [0.717, 1.165) is 43.6 Å². The van der Waals surface area contributed by atoms with Gasteiger partial charge >= 0.3 is 0 Å². The normalized spacial score (nSPS) is 31.3. The first-order valence-electron chi connectivity index (χ1n) is 6.27. The zero-order valence-corrected chi connectivity index (χ0v) is 10.3. The van der Waals surface area contributed by atoms with Gasteiger partial charge in [-0.1, -0.05) is 19.8 Å². The molecule has 0 bridgehead atoms. The minimum atomic E-state index is -0.492. The van der Waals surface area contributed by atoms with Crippen molar-refractivity contribution >= 4 is 0 Å². The van der Waals surface area contributed by atoms with E-state index in [1.54, 1.807) is 4.68 Å². The van der Waals surface area contributed by atoms with Gasteiger partial charge in [0.1, 0.15) is 0 Å². The highest BCUT2D eigenvalue weighted by atomic mass is 16.3. The third-order valence-corrected chi connectivity index (χ3v) is 3.73. The first-order valence-corrected chi connectivity index (χ1v) is 6.27. The molecule has 0 saturated heterocycles. The summed E-state index contributed by atoms with van der Waals surface area (Å²) in [6, 6.07) is 0. The Balaban J connectivity index is 2.01. The first kappa shape index (κ1) is 11.6. The molecule has 1 aromatic rings. The highest BCUT2D eigenvalue weighted by Gasteiger charge is 2.30. The highest BCUT2D eigenvalue weighted by molar-refractivity contribution is 5.08. The summed E-state index contributed by atoms with van der Waals surface area (Å²) in [7, 11) is 1.92. The standard InChI is InChI=1S/C13H22N2O/c1-11-4-3-6-13(16,7-5-11)8-12-9-14-15(2)10-12/h9-11,16H,3-8H2,1-2H3. The fourth-order valence-electron chi connectivity index (χ4n) is 2.68. The molecule has 1 N–H and O–H groups in total. The number of rotatable bonds is 2. The molecule has 0 radical (unpaired) electrons. The number of nitrogens with zero attached hydrogens (tertiary/aromatic N) is 2. The van der Waals surface area contributed by atoms with Crippen molar-refractivity contribution in [2.45, 2.75) is 51.0 Å². The van der Waals surface area contributed by atoms with Crippen LogP contribution in [0.25, 0.3) is 0 Å². The molecule has 90 valence electrons. The molecular weight excluding hydrogens is 200 g/mol. The number of aromatic nitrogens is 2. The second-order valence-electron chi connectivity index (χ2n) is 5.46. The summed E-state index contributed by atoms with van der Waals surface area (Å²) in [6.45, 7) is 2.29. The van der Waals surface area contributed by atoms with E-state index in [1.807, 2.05) is 19.4 Å². The van der Waals surface area contributed by atoms with Crippen molar-refractivity contribution in [3.8, 4) is 0 Å². The van der Waals surface area contributed by atoms with E-state index in [0.29, 0.717) is 0 Å². The minimum absolute atomic E-state index is 0.492. The molecule has 2 atom stereocenters. The average Bonchev–Trinajstić information content (AvgIpc) is 2.53. The first-order chi connectivity index (χ1) is 7.57. The largest absolute Gasteiger partial charge is 0.390 e. The average molecular weight is 222 g/mol. The molecule has 2 unspecified atom stereocenters. The molecule has 2 rings (SSSR count). The second kappa shape index (κ2) is 4.58. The van der Waals surface area contributed by atoms with Crippen molar-refractivity contribution in [1.82, 2.24) is 9.78 Å². The molecule has 1 fully saturated rings. The van der Waals surface area contributed by atoms with Gasteiger partial charge in [-0.25, -0.2) is 0 Å². The summed E-state index contributed by atoms with van der Waals surface area (Å²) in [6.07, 6.45) is 10.1. The lowest BCUT2D eigenvalue weighted by molar-refractivity contribution is 0.0244. The summed E-state index contributed by atoms with van der Waals surface area (Å²) >= 11 is 0. The predicted molar refractivity (Wildman–Crippen MR) is 64.1 cm³/mol. The maximum absolute atomic E-state index is 10.6. The van der Waals surface area contributed by atoms with E-state index in [9.17, 15) is 5.11 Å². The molecule has 3 heteroatoms. The zero-order chi connectivity index (χ0) is 11.6. The monoisotopic (exact) mass is 222 g/mol. The van der Waals surface area contributed by atoms with Crippen LogP contribution < -0.4 is 0 Å². The van der Waals surface area contributed by atoms with Gasteiger partial charge in [0.05, 0.1) is 11.8 Å². The Morgan fingerprint density at radius 1 is 1.50 bits per heavy atom. The lowest BCUT2D eigenvalue weighted by Crippen LogP contribution is -2.30. The molecule has 0 aliphatic heterocycles. The third kappa shape index (κ3) is 2.85. The highest BCUT2D eigenvalue weighted by Crippen LogP contribution is 2.32. The summed E-state index contributed by atoms with van der Waals surface area (Å²) in [4.78, 5) is 0. The lowest BCUT2D eigenvalue weighted by Gasteiger charge is -2.26. The fourth-order valence-corrected chi connectivity index (χ4v) is 2.68. The predicted octanol–water partition coefficient (Wildman–Crippen LogP) is 2.29. The van der Waals surface area contributed by atoms with E-state index in [4.69, 9.17) is 0 Å². The molecule has 0 amide bonds. The molecule has 1 heterocycles. The van der Waals surface area contributed by atoms with Crippen LogP contribution in [0.15, 0.2) is 12.4 Å². The van der Waals surface area contributed by atoms with Gasteiger partial charge in [-0.15, -0.1) is 0 Å². The Bertz CT molecular complexity index is 347. The van der Waals surface area contributed by atoms with Crippen molar-refractivity contribution < 1.29 is 5.11 Å². The van der Waals surface area contributed by atoms with Gasteiger partial charge in [0.25, 0.3) is 0 Å². The SMILES string of the molecule is CC1CCCC(O)(Cc2cnn(C)c2)CC1. The van der Waals surface area contributed by atoms with E-state index >= 15 is 0 Å². The Labute approximate surface area is 97.5 Å². The van der Waals surface area contributed by atoms with Crippen molar-refractivity contribution in [3.63, 3.8) is 0 Å². The Hall–Kier alpha value is -0.830. The molecule has 0 spiro atoms. The Kier molecular flexibility index (Phi) is 3.33. The van der Waals surface area contributed by atoms with Gasteiger partial charge in [-0.05, 0) is 30.7 Å². The van der Waals surface area contributed by atoms with Gasteiger partial charge in [0.15, 0.2) is 0 Å². The van der Waals surface area contributed by atoms with E-state index in [2.05, 4.69) is 12.0 Å². The Morgan fingerprint density at radius 3 is 3.00 bits per heavy atom. The molecule has 1 aliphatic carbocycles. The summed E-state index contributed by atoms with van der Waals surface area (Å²) in [5.41, 5.74) is 0.660. The van der Waals surface area contributed by atoms with E-state index < -0.39 is 5.60 Å². The second-order valence-corrected chi connectivity index (χ2v) is 5.46. The van der Waals surface area contributed by atoms with Crippen molar-refractivity contribution in [2.75, 3.05) is 0 Å². The van der Waals surface area contributed by atoms with Crippen molar-refractivity contribution in [1.29, 1.82) is 0 Å². The Morgan fingerprint density at radius 2 is 2.31 bits per heavy atom. The van der Waals surface area contributed by atoms with Crippen LogP contribution in [0, 0.1) is 5.92 Å². The van der Waals surface area contributed by atoms with Crippen LogP contribution in [0.2, 0.25) is 0 Å². The van der Waals surface area contributed by atoms with Crippen LogP contribution in [-0.2, 0) is 13.5 Å². The fraction of sp³-hybridized carbons (Fsp3) is 0.769. The van der Waals surface area contributed by atoms with Crippen molar-refractivity contribution in [3.05, 3.63) is 18.0 Å².